The molecule has 2 aromatic heterocycles. The van der Waals surface area contributed by atoms with Gasteiger partial charge in [0.2, 0.25) is 0 Å². The van der Waals surface area contributed by atoms with E-state index in [0.29, 0.717) is 29.6 Å². The van der Waals surface area contributed by atoms with Gasteiger partial charge in [0.1, 0.15) is 4.83 Å². The van der Waals surface area contributed by atoms with Crippen LogP contribution in [0.3, 0.4) is 0 Å². The Morgan fingerprint density at radius 2 is 2.17 bits per heavy atom. The maximum absolute atomic E-state index is 13.1. The van der Waals surface area contributed by atoms with Crippen molar-refractivity contribution in [3.05, 3.63) is 45.9 Å². The van der Waals surface area contributed by atoms with E-state index in [9.17, 15) is 9.59 Å². The number of carbonyl (C=O) groups is 2. The number of rotatable bonds is 4. The van der Waals surface area contributed by atoms with Crippen LogP contribution < -0.4 is 0 Å². The molecule has 4 rings (SSSR count). The van der Waals surface area contributed by atoms with E-state index in [4.69, 9.17) is 16.3 Å². The van der Waals surface area contributed by atoms with E-state index in [2.05, 4.69) is 5.10 Å². The molecule has 8 heteroatoms. The second kappa shape index (κ2) is 8.16. The van der Waals surface area contributed by atoms with Crippen molar-refractivity contribution in [2.45, 2.75) is 26.7 Å². The molecule has 1 aliphatic heterocycles. The lowest BCUT2D eigenvalue weighted by molar-refractivity contribution is -0.149. The molecule has 1 unspecified atom stereocenters. The summed E-state index contributed by atoms with van der Waals surface area (Å²) < 4.78 is 6.97. The quantitative estimate of drug-likeness (QED) is 0.572. The van der Waals surface area contributed by atoms with Gasteiger partial charge >= 0.3 is 5.97 Å². The number of carbonyl (C=O) groups excluding carboxylic acids is 2. The minimum atomic E-state index is -0.245. The molecule has 3 heterocycles. The molecule has 6 nitrogen and oxygen atoms in total. The number of likely N-dealkylation sites (tertiary alicyclic amines) is 1. The molecule has 0 N–H and O–H groups in total. The first-order valence-electron chi connectivity index (χ1n) is 9.69. The fourth-order valence-electron chi connectivity index (χ4n) is 3.71. The van der Waals surface area contributed by atoms with Gasteiger partial charge in [-0.3, -0.25) is 9.59 Å². The van der Waals surface area contributed by atoms with E-state index in [0.717, 1.165) is 34.4 Å². The Morgan fingerprint density at radius 3 is 2.93 bits per heavy atom. The Balaban J connectivity index is 1.62. The van der Waals surface area contributed by atoms with Crippen LogP contribution in [0.4, 0.5) is 0 Å². The van der Waals surface area contributed by atoms with Crippen molar-refractivity contribution in [2.24, 2.45) is 5.92 Å². The zero-order valence-corrected chi connectivity index (χ0v) is 17.9. The van der Waals surface area contributed by atoms with Crippen molar-refractivity contribution in [1.82, 2.24) is 14.7 Å². The minimum Gasteiger partial charge on any atom is -0.466 e. The third-order valence-corrected chi connectivity index (χ3v) is 6.47. The molecule has 0 aliphatic carbocycles. The van der Waals surface area contributed by atoms with Gasteiger partial charge in [0.15, 0.2) is 0 Å². The average molecular weight is 432 g/mol. The summed E-state index contributed by atoms with van der Waals surface area (Å²) in [5.41, 5.74) is 1.72. The fourth-order valence-corrected chi connectivity index (χ4v) is 5.04. The smallest absolute Gasteiger partial charge is 0.310 e. The summed E-state index contributed by atoms with van der Waals surface area (Å²) in [6, 6.07) is 9.39. The van der Waals surface area contributed by atoms with E-state index in [1.54, 1.807) is 11.8 Å². The van der Waals surface area contributed by atoms with Crippen molar-refractivity contribution in [3.63, 3.8) is 0 Å². The average Bonchev–Trinajstić information content (AvgIpc) is 3.28. The number of hydrogen-bond acceptors (Lipinski definition) is 5. The Hall–Kier alpha value is -2.38. The summed E-state index contributed by atoms with van der Waals surface area (Å²) in [5.74, 6) is -0.503. The Labute approximate surface area is 178 Å². The number of ether oxygens (including phenoxy) is 1. The monoisotopic (exact) mass is 431 g/mol. The van der Waals surface area contributed by atoms with Gasteiger partial charge in [-0.25, -0.2) is 4.68 Å². The highest BCUT2D eigenvalue weighted by Gasteiger charge is 2.31. The number of fused-ring (bicyclic) bond motifs is 1. The van der Waals surface area contributed by atoms with Crippen LogP contribution in [0.1, 0.15) is 35.1 Å². The summed E-state index contributed by atoms with van der Waals surface area (Å²) in [6.07, 6.45) is 1.56. The highest BCUT2D eigenvalue weighted by molar-refractivity contribution is 7.20. The summed E-state index contributed by atoms with van der Waals surface area (Å²) in [7, 11) is 0. The maximum atomic E-state index is 13.1. The molecule has 0 radical (unpaired) electrons. The lowest BCUT2D eigenvalue weighted by Gasteiger charge is -2.31. The van der Waals surface area contributed by atoms with Crippen LogP contribution in [0, 0.1) is 12.8 Å². The largest absolute Gasteiger partial charge is 0.466 e. The van der Waals surface area contributed by atoms with Crippen molar-refractivity contribution < 1.29 is 14.3 Å². The highest BCUT2D eigenvalue weighted by atomic mass is 35.5. The zero-order chi connectivity index (χ0) is 20.5. The van der Waals surface area contributed by atoms with Crippen LogP contribution >= 0.6 is 22.9 Å². The molecule has 1 saturated heterocycles. The number of nitrogens with zero attached hydrogens (tertiary/aromatic N) is 3. The first-order chi connectivity index (χ1) is 14.0. The number of benzene rings is 1. The SMILES string of the molecule is CCOC(=O)C1CCCN(C(=O)c2cc3c(C)nn(-c4cccc(Cl)c4)c3s2)C1. The molecular weight excluding hydrogens is 410 g/mol. The summed E-state index contributed by atoms with van der Waals surface area (Å²) >= 11 is 7.55. The topological polar surface area (TPSA) is 64.4 Å². The van der Waals surface area contributed by atoms with Gasteiger partial charge in [-0.2, -0.15) is 5.10 Å². The Bertz CT molecular complexity index is 1070. The highest BCUT2D eigenvalue weighted by Crippen LogP contribution is 2.32. The Kier molecular flexibility index (Phi) is 5.61. The van der Waals surface area contributed by atoms with E-state index < -0.39 is 0 Å². The van der Waals surface area contributed by atoms with Crippen LogP contribution in [0.25, 0.3) is 15.9 Å². The van der Waals surface area contributed by atoms with E-state index >= 15 is 0 Å². The molecule has 0 spiro atoms. The fraction of sp³-hybridized carbons (Fsp3) is 0.381. The molecular formula is C21H22ClN3O3S. The number of amides is 1. The minimum absolute atomic E-state index is 0.0442. The molecule has 3 aromatic rings. The van der Waals surface area contributed by atoms with Crippen LogP contribution in [-0.4, -0.2) is 46.3 Å². The van der Waals surface area contributed by atoms with Crippen molar-refractivity contribution in [3.8, 4) is 5.69 Å². The standard InChI is InChI=1S/C21H22ClN3O3S/c1-3-28-21(27)14-6-5-9-24(12-14)19(26)18-11-17-13(2)23-25(20(17)29-18)16-8-4-7-15(22)10-16/h4,7-8,10-11,14H,3,5-6,9,12H2,1-2H3. The molecule has 0 saturated carbocycles. The second-order valence-electron chi connectivity index (χ2n) is 7.15. The summed E-state index contributed by atoms with van der Waals surface area (Å²) in [4.78, 5) is 28.6. The van der Waals surface area contributed by atoms with Crippen molar-refractivity contribution in [1.29, 1.82) is 0 Å². The summed E-state index contributed by atoms with van der Waals surface area (Å²) in [5, 5.41) is 6.20. The lowest BCUT2D eigenvalue weighted by Crippen LogP contribution is -2.42. The molecule has 1 aliphatic rings. The number of halogens is 1. The molecule has 1 fully saturated rings. The summed E-state index contributed by atoms with van der Waals surface area (Å²) in [6.45, 7) is 5.15. The molecule has 1 aromatic carbocycles. The number of aryl methyl sites for hydroxylation is 1. The zero-order valence-electron chi connectivity index (χ0n) is 16.4. The van der Waals surface area contributed by atoms with E-state index in [1.807, 2.05) is 41.9 Å². The number of aromatic nitrogens is 2. The van der Waals surface area contributed by atoms with Gasteiger partial charge in [0.25, 0.3) is 5.91 Å². The molecule has 1 amide bonds. The van der Waals surface area contributed by atoms with E-state index in [-0.39, 0.29) is 17.8 Å². The molecule has 29 heavy (non-hydrogen) atoms. The number of piperidine rings is 1. The second-order valence-corrected chi connectivity index (χ2v) is 8.62. The third kappa shape index (κ3) is 3.89. The molecule has 1 atom stereocenters. The van der Waals surface area contributed by atoms with Gasteiger partial charge < -0.3 is 9.64 Å². The first-order valence-corrected chi connectivity index (χ1v) is 10.9. The van der Waals surface area contributed by atoms with Crippen LogP contribution in [0.2, 0.25) is 5.02 Å². The van der Waals surface area contributed by atoms with Crippen molar-refractivity contribution >= 4 is 45.0 Å². The van der Waals surface area contributed by atoms with Gasteiger partial charge in [0, 0.05) is 23.5 Å². The molecule has 0 bridgehead atoms. The van der Waals surface area contributed by atoms with Gasteiger partial charge in [0.05, 0.1) is 28.8 Å². The predicted molar refractivity (Wildman–Crippen MR) is 114 cm³/mol. The van der Waals surface area contributed by atoms with Crippen LogP contribution in [0.5, 0.6) is 0 Å². The lowest BCUT2D eigenvalue weighted by atomic mass is 9.98. The number of esters is 1. The van der Waals surface area contributed by atoms with Crippen molar-refractivity contribution in [2.75, 3.05) is 19.7 Å². The number of thiophene rings is 1. The van der Waals surface area contributed by atoms with Crippen LogP contribution in [0.15, 0.2) is 30.3 Å². The van der Waals surface area contributed by atoms with Crippen LogP contribution in [-0.2, 0) is 9.53 Å². The van der Waals surface area contributed by atoms with E-state index in [1.165, 1.54) is 11.3 Å². The van der Waals surface area contributed by atoms with Gasteiger partial charge in [-0.1, -0.05) is 17.7 Å². The Morgan fingerprint density at radius 1 is 1.34 bits per heavy atom. The number of hydrogen-bond donors (Lipinski definition) is 0. The van der Waals surface area contributed by atoms with Gasteiger partial charge in [-0.05, 0) is 51.0 Å². The third-order valence-electron chi connectivity index (χ3n) is 5.14. The normalized spacial score (nSPS) is 16.9. The maximum Gasteiger partial charge on any atom is 0.310 e. The first kappa shape index (κ1) is 19.9. The van der Waals surface area contributed by atoms with Gasteiger partial charge in [-0.15, -0.1) is 11.3 Å². The molecule has 152 valence electrons. The predicted octanol–water partition coefficient (Wildman–Crippen LogP) is 4.46.